The van der Waals surface area contributed by atoms with Crippen LogP contribution in [0.5, 0.6) is 5.75 Å². The molecule has 0 spiro atoms. The van der Waals surface area contributed by atoms with Crippen molar-refractivity contribution >= 4 is 6.16 Å². The van der Waals surface area contributed by atoms with Crippen LogP contribution in [0.1, 0.15) is 19.8 Å². The molecule has 0 aliphatic heterocycles. The molecule has 0 aliphatic carbocycles. The summed E-state index contributed by atoms with van der Waals surface area (Å²) in [6.07, 6.45) is 0.998. The molecule has 0 bridgehead atoms. The first-order chi connectivity index (χ1) is 7.22. The summed E-state index contributed by atoms with van der Waals surface area (Å²) in [5.41, 5.74) is 0. The number of rotatable bonds is 4. The number of halogens is 1. The Bertz CT molecular complexity index is 308. The summed E-state index contributed by atoms with van der Waals surface area (Å²) in [6.45, 7) is 2.34. The van der Waals surface area contributed by atoms with Crippen LogP contribution >= 0.6 is 0 Å². The van der Waals surface area contributed by atoms with Crippen molar-refractivity contribution in [3.8, 4) is 5.75 Å². The van der Waals surface area contributed by atoms with Gasteiger partial charge in [-0.3, -0.25) is 0 Å². The topological polar surface area (TPSA) is 35.5 Å². The predicted octanol–water partition coefficient (Wildman–Crippen LogP) is 3.14. The third-order valence-electron chi connectivity index (χ3n) is 1.73. The molecule has 1 aromatic rings. The van der Waals surface area contributed by atoms with Crippen LogP contribution in [-0.4, -0.2) is 12.8 Å². The highest BCUT2D eigenvalue weighted by Crippen LogP contribution is 2.11. The number of hydrogen-bond acceptors (Lipinski definition) is 3. The summed E-state index contributed by atoms with van der Waals surface area (Å²) in [5, 5.41) is 0. The minimum absolute atomic E-state index is 0.276. The fourth-order valence-corrected chi connectivity index (χ4v) is 0.928. The van der Waals surface area contributed by atoms with Crippen LogP contribution in [0.3, 0.4) is 0 Å². The van der Waals surface area contributed by atoms with E-state index < -0.39 is 6.16 Å². The van der Waals surface area contributed by atoms with Gasteiger partial charge in [0.05, 0.1) is 6.61 Å². The van der Waals surface area contributed by atoms with E-state index >= 15 is 0 Å². The summed E-state index contributed by atoms with van der Waals surface area (Å²) in [6, 6.07) is 5.18. The summed E-state index contributed by atoms with van der Waals surface area (Å²) in [5.74, 6) is -0.0976. The Labute approximate surface area is 87.8 Å². The third-order valence-corrected chi connectivity index (χ3v) is 1.73. The highest BCUT2D eigenvalue weighted by molar-refractivity contribution is 5.63. The SMILES string of the molecule is CCCCOC(=O)Oc1ccc(F)cc1. The van der Waals surface area contributed by atoms with E-state index in [0.29, 0.717) is 6.61 Å². The van der Waals surface area contributed by atoms with E-state index in [1.807, 2.05) is 6.92 Å². The van der Waals surface area contributed by atoms with Gasteiger partial charge in [0, 0.05) is 0 Å². The van der Waals surface area contributed by atoms with Crippen LogP contribution in [0.4, 0.5) is 9.18 Å². The van der Waals surface area contributed by atoms with Crippen LogP contribution in [0.15, 0.2) is 24.3 Å². The Kier molecular flexibility index (Phi) is 4.60. The van der Waals surface area contributed by atoms with E-state index in [1.54, 1.807) is 0 Å². The standard InChI is InChI=1S/C11H13FO3/c1-2-3-8-14-11(13)15-10-6-4-9(12)5-7-10/h4-7H,2-3,8H2,1H3. The Morgan fingerprint density at radius 3 is 2.60 bits per heavy atom. The van der Waals surface area contributed by atoms with Gasteiger partial charge < -0.3 is 9.47 Å². The van der Waals surface area contributed by atoms with Crippen molar-refractivity contribution in [3.05, 3.63) is 30.1 Å². The van der Waals surface area contributed by atoms with Crippen LogP contribution in [-0.2, 0) is 4.74 Å². The van der Waals surface area contributed by atoms with Gasteiger partial charge >= 0.3 is 6.16 Å². The maximum Gasteiger partial charge on any atom is 0.513 e. The quantitative estimate of drug-likeness (QED) is 0.437. The first kappa shape index (κ1) is 11.5. The molecule has 0 heterocycles. The van der Waals surface area contributed by atoms with Gasteiger partial charge in [-0.15, -0.1) is 0 Å². The molecule has 0 unspecified atom stereocenters. The number of carbonyl (C=O) groups is 1. The normalized spacial score (nSPS) is 9.73. The lowest BCUT2D eigenvalue weighted by molar-refractivity contribution is 0.0978. The van der Waals surface area contributed by atoms with Gasteiger partial charge in [-0.1, -0.05) is 13.3 Å². The van der Waals surface area contributed by atoms with Crippen molar-refractivity contribution < 1.29 is 18.7 Å². The second-order valence-corrected chi connectivity index (χ2v) is 3.01. The second kappa shape index (κ2) is 6.01. The summed E-state index contributed by atoms with van der Waals surface area (Å²) in [4.78, 5) is 11.0. The molecule has 0 radical (unpaired) electrons. The molecule has 0 aromatic heterocycles. The maximum atomic E-state index is 12.5. The fraction of sp³-hybridized carbons (Fsp3) is 0.364. The van der Waals surface area contributed by atoms with E-state index in [1.165, 1.54) is 24.3 Å². The molecule has 0 fully saturated rings. The van der Waals surface area contributed by atoms with Gasteiger partial charge in [-0.05, 0) is 30.7 Å². The zero-order chi connectivity index (χ0) is 11.1. The average Bonchev–Trinajstić information content (AvgIpc) is 2.22. The number of hydrogen-bond donors (Lipinski definition) is 0. The molecule has 1 rings (SSSR count). The van der Waals surface area contributed by atoms with E-state index in [0.717, 1.165) is 12.8 Å². The number of unbranched alkanes of at least 4 members (excludes halogenated alkanes) is 1. The summed E-state index contributed by atoms with van der Waals surface area (Å²) < 4.78 is 22.1. The van der Waals surface area contributed by atoms with Crippen LogP contribution in [0, 0.1) is 5.82 Å². The van der Waals surface area contributed by atoms with Gasteiger partial charge in [0.1, 0.15) is 11.6 Å². The number of ether oxygens (including phenoxy) is 2. The average molecular weight is 212 g/mol. The van der Waals surface area contributed by atoms with Gasteiger partial charge in [0.2, 0.25) is 0 Å². The molecule has 4 heteroatoms. The molecule has 15 heavy (non-hydrogen) atoms. The smallest absolute Gasteiger partial charge is 0.434 e. The van der Waals surface area contributed by atoms with Crippen LogP contribution in [0.25, 0.3) is 0 Å². The second-order valence-electron chi connectivity index (χ2n) is 3.01. The first-order valence-corrected chi connectivity index (χ1v) is 4.82. The lowest BCUT2D eigenvalue weighted by atomic mass is 10.3. The molecule has 0 saturated heterocycles. The molecule has 3 nitrogen and oxygen atoms in total. The minimum Gasteiger partial charge on any atom is -0.434 e. The molecule has 0 atom stereocenters. The Hall–Kier alpha value is -1.58. The molecule has 0 aliphatic rings. The number of carbonyl (C=O) groups excluding carboxylic acids is 1. The first-order valence-electron chi connectivity index (χ1n) is 4.82. The van der Waals surface area contributed by atoms with Crippen LogP contribution in [0.2, 0.25) is 0 Å². The molecule has 1 aromatic carbocycles. The minimum atomic E-state index is -0.755. The molecular formula is C11H13FO3. The molecule has 0 saturated carbocycles. The Morgan fingerprint density at radius 1 is 1.33 bits per heavy atom. The van der Waals surface area contributed by atoms with Gasteiger partial charge in [0.15, 0.2) is 0 Å². The zero-order valence-electron chi connectivity index (χ0n) is 8.53. The van der Waals surface area contributed by atoms with E-state index in [9.17, 15) is 9.18 Å². The molecule has 82 valence electrons. The monoisotopic (exact) mass is 212 g/mol. The lowest BCUT2D eigenvalue weighted by Crippen LogP contribution is -2.11. The van der Waals surface area contributed by atoms with Crippen molar-refractivity contribution in [1.29, 1.82) is 0 Å². The van der Waals surface area contributed by atoms with Crippen molar-refractivity contribution in [1.82, 2.24) is 0 Å². The van der Waals surface area contributed by atoms with Crippen molar-refractivity contribution in [2.75, 3.05) is 6.61 Å². The third kappa shape index (κ3) is 4.44. The van der Waals surface area contributed by atoms with Crippen molar-refractivity contribution in [2.24, 2.45) is 0 Å². The number of benzene rings is 1. The largest absolute Gasteiger partial charge is 0.513 e. The molecule has 0 amide bonds. The highest BCUT2D eigenvalue weighted by atomic mass is 19.1. The van der Waals surface area contributed by atoms with Gasteiger partial charge in [0.25, 0.3) is 0 Å². The summed E-state index contributed by atoms with van der Waals surface area (Å²) in [7, 11) is 0. The van der Waals surface area contributed by atoms with Crippen molar-refractivity contribution in [3.63, 3.8) is 0 Å². The maximum absolute atomic E-state index is 12.5. The lowest BCUT2D eigenvalue weighted by Gasteiger charge is -2.04. The highest BCUT2D eigenvalue weighted by Gasteiger charge is 2.04. The fourth-order valence-electron chi connectivity index (χ4n) is 0.928. The van der Waals surface area contributed by atoms with Crippen LogP contribution < -0.4 is 4.74 Å². The van der Waals surface area contributed by atoms with Crippen molar-refractivity contribution in [2.45, 2.75) is 19.8 Å². The van der Waals surface area contributed by atoms with Gasteiger partial charge in [-0.25, -0.2) is 9.18 Å². The van der Waals surface area contributed by atoms with Gasteiger partial charge in [-0.2, -0.15) is 0 Å². The molecule has 0 N–H and O–H groups in total. The predicted molar refractivity (Wildman–Crippen MR) is 53.3 cm³/mol. The van der Waals surface area contributed by atoms with E-state index in [-0.39, 0.29) is 11.6 Å². The van der Waals surface area contributed by atoms with E-state index in [2.05, 4.69) is 0 Å². The molecular weight excluding hydrogens is 199 g/mol. The summed E-state index contributed by atoms with van der Waals surface area (Å²) >= 11 is 0. The Balaban J connectivity index is 2.34. The zero-order valence-corrected chi connectivity index (χ0v) is 8.53. The Morgan fingerprint density at radius 2 is 2.00 bits per heavy atom. The van der Waals surface area contributed by atoms with E-state index in [4.69, 9.17) is 9.47 Å².